The Morgan fingerprint density at radius 3 is 2.48 bits per heavy atom. The number of nitrogens with one attached hydrogen (secondary N) is 2. The first-order valence-corrected chi connectivity index (χ1v) is 9.69. The number of unbranched alkanes of at least 4 members (excludes halogenated alkanes) is 1. The van der Waals surface area contributed by atoms with Crippen molar-refractivity contribution in [1.29, 1.82) is 0 Å². The number of benzene rings is 1. The Labute approximate surface area is 162 Å². The molecule has 1 aromatic carbocycles. The van der Waals surface area contributed by atoms with Crippen LogP contribution in [-0.2, 0) is 5.41 Å². The number of halogens is 1. The van der Waals surface area contributed by atoms with E-state index >= 15 is 0 Å². The third-order valence-corrected chi connectivity index (χ3v) is 5.28. The number of guanidine groups is 1. The van der Waals surface area contributed by atoms with Gasteiger partial charge in [-0.3, -0.25) is 4.99 Å². The minimum absolute atomic E-state index is 0. The molecular formula is C18H30IN3S. The van der Waals surface area contributed by atoms with E-state index in [1.165, 1.54) is 43.4 Å². The minimum atomic E-state index is 0. The maximum Gasteiger partial charge on any atom is 0.191 e. The molecule has 1 saturated carbocycles. The lowest BCUT2D eigenvalue weighted by Gasteiger charge is -2.43. The second kappa shape index (κ2) is 11.2. The topological polar surface area (TPSA) is 36.4 Å². The van der Waals surface area contributed by atoms with Crippen LogP contribution in [0.3, 0.4) is 0 Å². The summed E-state index contributed by atoms with van der Waals surface area (Å²) in [6.07, 6.45) is 8.50. The van der Waals surface area contributed by atoms with E-state index in [-0.39, 0.29) is 24.0 Å². The van der Waals surface area contributed by atoms with E-state index in [9.17, 15) is 0 Å². The molecule has 2 rings (SSSR count). The summed E-state index contributed by atoms with van der Waals surface area (Å²) in [5.41, 5.74) is 1.77. The van der Waals surface area contributed by atoms with Gasteiger partial charge in [0.25, 0.3) is 0 Å². The molecule has 2 N–H and O–H groups in total. The third-order valence-electron chi connectivity index (χ3n) is 4.58. The van der Waals surface area contributed by atoms with E-state index in [1.54, 1.807) is 0 Å². The van der Waals surface area contributed by atoms with Crippen LogP contribution in [0.25, 0.3) is 0 Å². The molecule has 0 aliphatic heterocycles. The Kier molecular flexibility index (Phi) is 10.0. The molecule has 3 nitrogen and oxygen atoms in total. The SMILES string of the molecule is CN=C(NCCCCSC)NCC1(c2ccccc2)CCC1.I. The molecule has 130 valence electrons. The fourth-order valence-electron chi connectivity index (χ4n) is 3.01. The van der Waals surface area contributed by atoms with Crippen molar-refractivity contribution in [3.05, 3.63) is 35.9 Å². The molecule has 0 aromatic heterocycles. The van der Waals surface area contributed by atoms with E-state index in [0.29, 0.717) is 5.41 Å². The molecule has 0 atom stereocenters. The molecule has 1 aliphatic rings. The van der Waals surface area contributed by atoms with Gasteiger partial charge in [0, 0.05) is 25.6 Å². The van der Waals surface area contributed by atoms with E-state index in [2.05, 4.69) is 52.2 Å². The molecule has 0 heterocycles. The normalized spacial score (nSPS) is 16.2. The molecule has 0 saturated heterocycles. The standard InChI is InChI=1S/C18H29N3S.HI/c1-19-17(20-13-6-7-14-22-2)21-15-18(11-8-12-18)16-9-4-3-5-10-16;/h3-5,9-10H,6-8,11-15H2,1-2H3,(H2,19,20,21);1H. The van der Waals surface area contributed by atoms with E-state index in [0.717, 1.165) is 19.0 Å². The van der Waals surface area contributed by atoms with E-state index in [4.69, 9.17) is 0 Å². The maximum atomic E-state index is 4.35. The van der Waals surface area contributed by atoms with Crippen LogP contribution in [0.4, 0.5) is 0 Å². The van der Waals surface area contributed by atoms with Gasteiger partial charge in [0.05, 0.1) is 0 Å². The fourth-order valence-corrected chi connectivity index (χ4v) is 3.51. The molecule has 5 heteroatoms. The monoisotopic (exact) mass is 447 g/mol. The van der Waals surface area contributed by atoms with Crippen molar-refractivity contribution in [2.24, 2.45) is 4.99 Å². The van der Waals surface area contributed by atoms with Crippen LogP contribution < -0.4 is 10.6 Å². The highest BCUT2D eigenvalue weighted by molar-refractivity contribution is 14.0. The lowest BCUT2D eigenvalue weighted by atomic mass is 9.64. The molecule has 0 radical (unpaired) electrons. The van der Waals surface area contributed by atoms with Gasteiger partial charge >= 0.3 is 0 Å². The number of hydrogen-bond acceptors (Lipinski definition) is 2. The molecule has 0 amide bonds. The first kappa shape index (κ1) is 20.6. The molecule has 23 heavy (non-hydrogen) atoms. The van der Waals surface area contributed by atoms with Crippen LogP contribution in [0.15, 0.2) is 35.3 Å². The van der Waals surface area contributed by atoms with Gasteiger partial charge in [-0.1, -0.05) is 36.8 Å². The molecule has 0 bridgehead atoms. The van der Waals surface area contributed by atoms with Crippen LogP contribution in [0.2, 0.25) is 0 Å². The van der Waals surface area contributed by atoms with Crippen molar-refractivity contribution in [3.8, 4) is 0 Å². The van der Waals surface area contributed by atoms with Gasteiger partial charge in [-0.25, -0.2) is 0 Å². The second-order valence-corrected chi connectivity index (χ2v) is 7.04. The Hall–Kier alpha value is -0.430. The average molecular weight is 447 g/mol. The van der Waals surface area contributed by atoms with Crippen molar-refractivity contribution >= 4 is 41.7 Å². The van der Waals surface area contributed by atoms with E-state index in [1.807, 2.05) is 18.8 Å². The quantitative estimate of drug-likeness (QED) is 0.274. The third kappa shape index (κ3) is 6.18. The summed E-state index contributed by atoms with van der Waals surface area (Å²) in [4.78, 5) is 4.35. The van der Waals surface area contributed by atoms with Crippen LogP contribution in [0, 0.1) is 0 Å². The predicted molar refractivity (Wildman–Crippen MR) is 114 cm³/mol. The molecule has 1 aromatic rings. The van der Waals surface area contributed by atoms with Gasteiger partial charge in [0.1, 0.15) is 0 Å². The summed E-state index contributed by atoms with van der Waals surface area (Å²) < 4.78 is 0. The summed E-state index contributed by atoms with van der Waals surface area (Å²) in [6, 6.07) is 10.9. The largest absolute Gasteiger partial charge is 0.356 e. The van der Waals surface area contributed by atoms with Crippen LogP contribution in [0.5, 0.6) is 0 Å². The lowest BCUT2D eigenvalue weighted by Crippen LogP contribution is -2.49. The first-order valence-electron chi connectivity index (χ1n) is 8.30. The first-order chi connectivity index (χ1) is 10.8. The summed E-state index contributed by atoms with van der Waals surface area (Å²) in [5.74, 6) is 2.18. The summed E-state index contributed by atoms with van der Waals surface area (Å²) >= 11 is 1.91. The Balaban J connectivity index is 0.00000264. The van der Waals surface area contributed by atoms with Gasteiger partial charge in [-0.15, -0.1) is 24.0 Å². The van der Waals surface area contributed by atoms with Gasteiger partial charge < -0.3 is 10.6 Å². The van der Waals surface area contributed by atoms with Crippen molar-refractivity contribution < 1.29 is 0 Å². The second-order valence-electron chi connectivity index (χ2n) is 6.05. The highest BCUT2D eigenvalue weighted by Gasteiger charge is 2.38. The van der Waals surface area contributed by atoms with Crippen LogP contribution >= 0.6 is 35.7 Å². The highest BCUT2D eigenvalue weighted by atomic mass is 127. The number of thioether (sulfide) groups is 1. The number of aliphatic imine (C=N–C) groups is 1. The zero-order chi connectivity index (χ0) is 15.7. The summed E-state index contributed by atoms with van der Waals surface area (Å²) in [6.45, 7) is 1.97. The molecule has 0 spiro atoms. The zero-order valence-electron chi connectivity index (χ0n) is 14.3. The summed E-state index contributed by atoms with van der Waals surface area (Å²) in [7, 11) is 1.85. The minimum Gasteiger partial charge on any atom is -0.356 e. The van der Waals surface area contributed by atoms with Crippen molar-refractivity contribution in [1.82, 2.24) is 10.6 Å². The predicted octanol–water partition coefficient (Wildman–Crippen LogP) is 4.03. The molecule has 1 aliphatic carbocycles. The Morgan fingerprint density at radius 2 is 1.91 bits per heavy atom. The zero-order valence-corrected chi connectivity index (χ0v) is 17.5. The van der Waals surface area contributed by atoms with Crippen molar-refractivity contribution in [2.45, 2.75) is 37.5 Å². The Morgan fingerprint density at radius 1 is 1.17 bits per heavy atom. The van der Waals surface area contributed by atoms with Crippen molar-refractivity contribution in [3.63, 3.8) is 0 Å². The smallest absolute Gasteiger partial charge is 0.191 e. The molecule has 0 unspecified atom stereocenters. The van der Waals surface area contributed by atoms with Crippen LogP contribution in [-0.4, -0.2) is 38.1 Å². The maximum absolute atomic E-state index is 4.35. The number of nitrogens with zero attached hydrogens (tertiary/aromatic N) is 1. The lowest BCUT2D eigenvalue weighted by molar-refractivity contribution is 0.244. The highest BCUT2D eigenvalue weighted by Crippen LogP contribution is 2.43. The van der Waals surface area contributed by atoms with Gasteiger partial charge in [0.2, 0.25) is 0 Å². The van der Waals surface area contributed by atoms with Crippen molar-refractivity contribution in [2.75, 3.05) is 32.1 Å². The number of rotatable bonds is 8. The number of hydrogen-bond donors (Lipinski definition) is 2. The fraction of sp³-hybridized carbons (Fsp3) is 0.611. The van der Waals surface area contributed by atoms with Gasteiger partial charge in [0.15, 0.2) is 5.96 Å². The molecular weight excluding hydrogens is 417 g/mol. The summed E-state index contributed by atoms with van der Waals surface area (Å²) in [5, 5.41) is 6.97. The van der Waals surface area contributed by atoms with E-state index < -0.39 is 0 Å². The van der Waals surface area contributed by atoms with Gasteiger partial charge in [-0.05, 0) is 43.3 Å². The Bertz CT molecular complexity index is 461. The average Bonchev–Trinajstić information content (AvgIpc) is 2.52. The molecule has 1 fully saturated rings. The van der Waals surface area contributed by atoms with Gasteiger partial charge in [-0.2, -0.15) is 11.8 Å². The van der Waals surface area contributed by atoms with Crippen LogP contribution in [0.1, 0.15) is 37.7 Å².